The van der Waals surface area contributed by atoms with Gasteiger partial charge in [0.1, 0.15) is 5.75 Å². The van der Waals surface area contributed by atoms with Gasteiger partial charge in [-0.05, 0) is 34.6 Å². The second-order valence-corrected chi connectivity index (χ2v) is 10.3. The van der Waals surface area contributed by atoms with Crippen LogP contribution < -0.4 is 4.74 Å². The number of rotatable bonds is 9. The maximum atomic E-state index is 13.2. The second-order valence-electron chi connectivity index (χ2n) is 9.24. The van der Waals surface area contributed by atoms with Crippen molar-refractivity contribution in [1.29, 1.82) is 0 Å². The normalized spacial score (nSPS) is 18.5. The third kappa shape index (κ3) is 5.84. The quantitative estimate of drug-likeness (QED) is 0.411. The average Bonchev–Trinajstić information content (AvgIpc) is 3.49. The molecule has 1 aliphatic rings. The first-order valence-corrected chi connectivity index (χ1v) is 12.6. The van der Waals surface area contributed by atoms with Crippen LogP contribution in [-0.2, 0) is 17.9 Å². The highest BCUT2D eigenvalue weighted by molar-refractivity contribution is 7.09. The average molecular weight is 463 g/mol. The van der Waals surface area contributed by atoms with E-state index in [9.17, 15) is 4.79 Å². The van der Waals surface area contributed by atoms with Crippen LogP contribution in [0.4, 0.5) is 0 Å². The Morgan fingerprint density at radius 2 is 1.82 bits per heavy atom. The van der Waals surface area contributed by atoms with Gasteiger partial charge in [0, 0.05) is 49.4 Å². The molecule has 4 nitrogen and oxygen atoms in total. The van der Waals surface area contributed by atoms with Crippen LogP contribution in [0, 0.1) is 11.8 Å². The fraction of sp³-hybridized carbons (Fsp3) is 0.393. The van der Waals surface area contributed by atoms with E-state index in [0.717, 1.165) is 31.9 Å². The number of hydrogen-bond acceptors (Lipinski definition) is 4. The zero-order chi connectivity index (χ0) is 23.2. The van der Waals surface area contributed by atoms with Crippen LogP contribution in [0.2, 0.25) is 0 Å². The summed E-state index contributed by atoms with van der Waals surface area (Å²) < 4.78 is 5.74. The lowest BCUT2D eigenvalue weighted by molar-refractivity contribution is -0.135. The summed E-state index contributed by atoms with van der Waals surface area (Å²) in [6, 6.07) is 23.0. The summed E-state index contributed by atoms with van der Waals surface area (Å²) in [7, 11) is 1.75. The monoisotopic (exact) mass is 462 g/mol. The lowest BCUT2D eigenvalue weighted by Gasteiger charge is -2.30. The number of thiophene rings is 1. The SMILES string of the molecule is COc1ccccc1[C@H]1CN(Cc2cccs2)C[C@H]1CN(Cc1ccccc1)C(=O)C(C)C. The highest BCUT2D eigenvalue weighted by Gasteiger charge is 2.37. The van der Waals surface area contributed by atoms with Crippen LogP contribution in [0.25, 0.3) is 0 Å². The molecule has 0 saturated carbocycles. The van der Waals surface area contributed by atoms with Crippen LogP contribution in [-0.4, -0.2) is 42.5 Å². The van der Waals surface area contributed by atoms with E-state index in [4.69, 9.17) is 4.74 Å². The van der Waals surface area contributed by atoms with E-state index in [-0.39, 0.29) is 11.8 Å². The fourth-order valence-corrected chi connectivity index (χ4v) is 5.65. The predicted octanol–water partition coefficient (Wildman–Crippen LogP) is 5.66. The first-order chi connectivity index (χ1) is 16.0. The van der Waals surface area contributed by atoms with Gasteiger partial charge in [-0.2, -0.15) is 0 Å². The minimum absolute atomic E-state index is 0.0259. The fourth-order valence-electron chi connectivity index (χ4n) is 4.91. The van der Waals surface area contributed by atoms with Crippen LogP contribution in [0.1, 0.15) is 35.8 Å². The topological polar surface area (TPSA) is 32.8 Å². The second kappa shape index (κ2) is 11.0. The van der Waals surface area contributed by atoms with Gasteiger partial charge < -0.3 is 9.64 Å². The van der Waals surface area contributed by atoms with Crippen molar-refractivity contribution in [3.8, 4) is 5.75 Å². The van der Waals surface area contributed by atoms with Crippen LogP contribution in [0.5, 0.6) is 5.75 Å². The molecule has 0 unspecified atom stereocenters. The molecule has 2 aromatic carbocycles. The van der Waals surface area contributed by atoms with Crippen molar-refractivity contribution in [2.24, 2.45) is 11.8 Å². The predicted molar refractivity (Wildman–Crippen MR) is 136 cm³/mol. The molecule has 0 aliphatic carbocycles. The number of benzene rings is 2. The number of ether oxygens (including phenoxy) is 1. The molecule has 4 rings (SSSR count). The smallest absolute Gasteiger partial charge is 0.225 e. The van der Waals surface area contributed by atoms with Crippen molar-refractivity contribution in [2.75, 3.05) is 26.7 Å². The standard InChI is InChI=1S/C28H34N2O2S/c1-21(2)28(31)30(16-22-10-5-4-6-11-22)18-23-17-29(19-24-12-9-15-33-24)20-26(23)25-13-7-8-14-27(25)32-3/h4-15,21,23,26H,16-20H2,1-3H3/t23-,26-/m0/s1. The van der Waals surface area contributed by atoms with Crippen molar-refractivity contribution < 1.29 is 9.53 Å². The Balaban J connectivity index is 1.60. The summed E-state index contributed by atoms with van der Waals surface area (Å²) in [6.45, 7) is 8.28. The Morgan fingerprint density at radius 3 is 2.52 bits per heavy atom. The van der Waals surface area contributed by atoms with Gasteiger partial charge in [0.25, 0.3) is 0 Å². The molecule has 0 radical (unpaired) electrons. The molecular formula is C28H34N2O2S. The third-order valence-electron chi connectivity index (χ3n) is 6.49. The molecule has 5 heteroatoms. The molecule has 2 atom stereocenters. The molecular weight excluding hydrogens is 428 g/mol. The Hall–Kier alpha value is -2.63. The van der Waals surface area contributed by atoms with E-state index in [0.29, 0.717) is 18.4 Å². The minimum atomic E-state index is -0.0259. The molecule has 1 aliphatic heterocycles. The van der Waals surface area contributed by atoms with Crippen molar-refractivity contribution in [3.63, 3.8) is 0 Å². The lowest BCUT2D eigenvalue weighted by atomic mass is 9.87. The highest BCUT2D eigenvalue weighted by Crippen LogP contribution is 2.39. The van der Waals surface area contributed by atoms with Gasteiger partial charge >= 0.3 is 0 Å². The lowest BCUT2D eigenvalue weighted by Crippen LogP contribution is -2.39. The van der Waals surface area contributed by atoms with Crippen LogP contribution >= 0.6 is 11.3 Å². The summed E-state index contributed by atoms with van der Waals surface area (Å²) >= 11 is 1.81. The van der Waals surface area contributed by atoms with E-state index >= 15 is 0 Å². The number of para-hydroxylation sites is 1. The number of methoxy groups -OCH3 is 1. The van der Waals surface area contributed by atoms with Crippen molar-refractivity contribution >= 4 is 17.2 Å². The Morgan fingerprint density at radius 1 is 1.06 bits per heavy atom. The Labute approximate surface area is 201 Å². The van der Waals surface area contributed by atoms with E-state index in [1.54, 1.807) is 7.11 Å². The summed E-state index contributed by atoms with van der Waals surface area (Å²) in [5.41, 5.74) is 2.42. The number of likely N-dealkylation sites (tertiary alicyclic amines) is 1. The van der Waals surface area contributed by atoms with Gasteiger partial charge in [0.05, 0.1) is 7.11 Å². The summed E-state index contributed by atoms with van der Waals surface area (Å²) in [6.07, 6.45) is 0. The molecule has 1 saturated heterocycles. The van der Waals surface area contributed by atoms with E-state index in [1.807, 2.05) is 49.4 Å². The zero-order valence-electron chi connectivity index (χ0n) is 19.8. The Kier molecular flexibility index (Phi) is 7.84. The summed E-state index contributed by atoms with van der Waals surface area (Å²) in [5, 5.41) is 2.14. The largest absolute Gasteiger partial charge is 0.496 e. The number of carbonyl (C=O) groups is 1. The van der Waals surface area contributed by atoms with Crippen molar-refractivity contribution in [2.45, 2.75) is 32.9 Å². The molecule has 2 heterocycles. The maximum absolute atomic E-state index is 13.2. The zero-order valence-corrected chi connectivity index (χ0v) is 20.6. The van der Waals surface area contributed by atoms with Gasteiger partial charge in [-0.15, -0.1) is 11.3 Å². The molecule has 174 valence electrons. The van der Waals surface area contributed by atoms with Gasteiger partial charge in [0.15, 0.2) is 0 Å². The third-order valence-corrected chi connectivity index (χ3v) is 7.35. The molecule has 0 N–H and O–H groups in total. The molecule has 3 aromatic rings. The number of carbonyl (C=O) groups excluding carboxylic acids is 1. The summed E-state index contributed by atoms with van der Waals surface area (Å²) in [4.78, 5) is 19.2. The highest BCUT2D eigenvalue weighted by atomic mass is 32.1. The van der Waals surface area contributed by atoms with Gasteiger partial charge in [-0.25, -0.2) is 0 Å². The molecule has 33 heavy (non-hydrogen) atoms. The van der Waals surface area contributed by atoms with E-state index in [1.165, 1.54) is 16.0 Å². The Bertz CT molecular complexity index is 1020. The van der Waals surface area contributed by atoms with Crippen LogP contribution in [0.15, 0.2) is 72.1 Å². The molecule has 1 amide bonds. The molecule has 1 aromatic heterocycles. The molecule has 0 bridgehead atoms. The van der Waals surface area contributed by atoms with Gasteiger partial charge in [0.2, 0.25) is 5.91 Å². The van der Waals surface area contributed by atoms with E-state index < -0.39 is 0 Å². The first-order valence-electron chi connectivity index (χ1n) is 11.8. The first kappa shape index (κ1) is 23.5. The molecule has 0 spiro atoms. The molecule has 1 fully saturated rings. The van der Waals surface area contributed by atoms with Gasteiger partial charge in [-0.1, -0.05) is 68.4 Å². The maximum Gasteiger partial charge on any atom is 0.225 e. The number of nitrogens with zero attached hydrogens (tertiary/aromatic N) is 2. The van der Waals surface area contributed by atoms with Crippen LogP contribution in [0.3, 0.4) is 0 Å². The summed E-state index contributed by atoms with van der Waals surface area (Å²) in [5.74, 6) is 1.79. The van der Waals surface area contributed by atoms with Crippen molar-refractivity contribution in [3.05, 3.63) is 88.1 Å². The number of amides is 1. The van der Waals surface area contributed by atoms with Gasteiger partial charge in [-0.3, -0.25) is 9.69 Å². The van der Waals surface area contributed by atoms with Crippen molar-refractivity contribution in [1.82, 2.24) is 9.80 Å². The minimum Gasteiger partial charge on any atom is -0.496 e. The van der Waals surface area contributed by atoms with E-state index in [2.05, 4.69) is 57.6 Å². The number of hydrogen-bond donors (Lipinski definition) is 0.